The van der Waals surface area contributed by atoms with Gasteiger partial charge in [-0.1, -0.05) is 96.2 Å². The molecular formula is C30H40O2. The summed E-state index contributed by atoms with van der Waals surface area (Å²) in [6, 6.07) is 15.7. The zero-order valence-corrected chi connectivity index (χ0v) is 20.5. The normalized spacial score (nSPS) is 16.9. The minimum absolute atomic E-state index is 0.534. The van der Waals surface area contributed by atoms with E-state index in [0.29, 0.717) is 17.8 Å². The van der Waals surface area contributed by atoms with Gasteiger partial charge in [0, 0.05) is 21.5 Å². The van der Waals surface area contributed by atoms with E-state index < -0.39 is 0 Å². The molecule has 0 heterocycles. The molecule has 2 heteroatoms. The van der Waals surface area contributed by atoms with Gasteiger partial charge in [0.2, 0.25) is 0 Å². The number of fused-ring (bicyclic) bond motifs is 2. The molecule has 32 heavy (non-hydrogen) atoms. The summed E-state index contributed by atoms with van der Waals surface area (Å²) in [6.45, 7) is 10.5. The van der Waals surface area contributed by atoms with E-state index in [1.807, 2.05) is 0 Å². The van der Waals surface area contributed by atoms with E-state index in [1.165, 1.54) is 53.8 Å². The van der Waals surface area contributed by atoms with Crippen LogP contribution >= 0.6 is 0 Å². The Bertz CT molecular complexity index is 1030. The van der Waals surface area contributed by atoms with Crippen LogP contribution in [0, 0.1) is 11.8 Å². The molecule has 4 rings (SSSR count). The molecule has 1 fully saturated rings. The minimum atomic E-state index is 0.534. The molecular weight excluding hydrogens is 392 g/mol. The Morgan fingerprint density at radius 3 is 1.81 bits per heavy atom. The van der Waals surface area contributed by atoms with Crippen LogP contribution in [0.15, 0.2) is 42.5 Å². The second-order valence-corrected chi connectivity index (χ2v) is 9.99. The number of benzene rings is 3. The Labute approximate surface area is 194 Å². The van der Waals surface area contributed by atoms with Crippen molar-refractivity contribution in [1.82, 2.24) is 0 Å². The molecule has 0 spiro atoms. The molecule has 1 saturated carbocycles. The lowest BCUT2D eigenvalue weighted by atomic mass is 9.83. The third-order valence-electron chi connectivity index (χ3n) is 7.44. The van der Waals surface area contributed by atoms with Crippen LogP contribution in [0.1, 0.15) is 84.1 Å². The summed E-state index contributed by atoms with van der Waals surface area (Å²) in [4.78, 5) is 0. The van der Waals surface area contributed by atoms with Gasteiger partial charge in [-0.2, -0.15) is 0 Å². The highest BCUT2D eigenvalue weighted by Crippen LogP contribution is 2.45. The molecule has 1 aliphatic carbocycles. The standard InChI is InChI=1S/C30H40O2/c1-5-21(3)19-31-29-25-14-10-11-15-26(25)30(32-20-22(4)6-2)28-18-24(16-17-27(28)29)23-12-8-7-9-13-23/h10-11,14-18,21-23H,5-9,12-13,19-20H2,1-4H3. The van der Waals surface area contributed by atoms with Crippen LogP contribution in [0.4, 0.5) is 0 Å². The fraction of sp³-hybridized carbons (Fsp3) is 0.533. The van der Waals surface area contributed by atoms with Crippen molar-refractivity contribution in [2.45, 2.75) is 78.6 Å². The Kier molecular flexibility index (Phi) is 7.60. The van der Waals surface area contributed by atoms with Gasteiger partial charge in [-0.25, -0.2) is 0 Å². The molecule has 3 aromatic carbocycles. The maximum absolute atomic E-state index is 6.57. The lowest BCUT2D eigenvalue weighted by Crippen LogP contribution is -2.10. The molecule has 172 valence electrons. The molecule has 0 amide bonds. The summed E-state index contributed by atoms with van der Waals surface area (Å²) in [7, 11) is 0. The van der Waals surface area contributed by atoms with Crippen LogP contribution in [0.5, 0.6) is 11.5 Å². The second-order valence-electron chi connectivity index (χ2n) is 9.99. The Morgan fingerprint density at radius 2 is 1.25 bits per heavy atom. The van der Waals surface area contributed by atoms with E-state index >= 15 is 0 Å². The fourth-order valence-electron chi connectivity index (χ4n) is 4.80. The molecule has 0 saturated heterocycles. The first-order chi connectivity index (χ1) is 15.6. The van der Waals surface area contributed by atoms with Crippen molar-refractivity contribution in [1.29, 1.82) is 0 Å². The number of rotatable bonds is 9. The topological polar surface area (TPSA) is 18.5 Å². The highest BCUT2D eigenvalue weighted by molar-refractivity contribution is 6.11. The van der Waals surface area contributed by atoms with E-state index in [2.05, 4.69) is 70.2 Å². The van der Waals surface area contributed by atoms with Crippen molar-refractivity contribution in [3.63, 3.8) is 0 Å². The zero-order chi connectivity index (χ0) is 22.5. The summed E-state index contributed by atoms with van der Waals surface area (Å²) < 4.78 is 13.1. The first kappa shape index (κ1) is 23.0. The van der Waals surface area contributed by atoms with Crippen LogP contribution in [-0.2, 0) is 0 Å². The smallest absolute Gasteiger partial charge is 0.135 e. The van der Waals surface area contributed by atoms with Gasteiger partial charge in [0.1, 0.15) is 11.5 Å². The second kappa shape index (κ2) is 10.6. The average Bonchev–Trinajstić information content (AvgIpc) is 2.85. The summed E-state index contributed by atoms with van der Waals surface area (Å²) in [5, 5.41) is 4.73. The van der Waals surface area contributed by atoms with Gasteiger partial charge in [0.25, 0.3) is 0 Å². The third kappa shape index (κ3) is 4.90. The first-order valence-corrected chi connectivity index (χ1v) is 12.9. The number of ether oxygens (including phenoxy) is 2. The fourth-order valence-corrected chi connectivity index (χ4v) is 4.80. The lowest BCUT2D eigenvalue weighted by molar-refractivity contribution is 0.258. The van der Waals surface area contributed by atoms with E-state index in [0.717, 1.165) is 42.9 Å². The van der Waals surface area contributed by atoms with E-state index in [-0.39, 0.29) is 0 Å². The molecule has 2 unspecified atom stereocenters. The average molecular weight is 433 g/mol. The van der Waals surface area contributed by atoms with Crippen LogP contribution in [0.2, 0.25) is 0 Å². The molecule has 0 aromatic heterocycles. The SMILES string of the molecule is CCC(C)COc1c2ccccc2c(OCC(C)CC)c2cc(C3CCCCC3)ccc12. The monoisotopic (exact) mass is 432 g/mol. The van der Waals surface area contributed by atoms with Crippen LogP contribution in [-0.4, -0.2) is 13.2 Å². The van der Waals surface area contributed by atoms with Crippen molar-refractivity contribution < 1.29 is 9.47 Å². The van der Waals surface area contributed by atoms with Crippen molar-refractivity contribution in [2.75, 3.05) is 13.2 Å². The predicted octanol–water partition coefficient (Wildman–Crippen LogP) is 8.89. The summed E-state index contributed by atoms with van der Waals surface area (Å²) in [5.74, 6) is 3.79. The van der Waals surface area contributed by atoms with Crippen molar-refractivity contribution >= 4 is 21.5 Å². The Hall–Kier alpha value is -2.22. The van der Waals surface area contributed by atoms with Crippen molar-refractivity contribution in [3.8, 4) is 11.5 Å². The highest BCUT2D eigenvalue weighted by Gasteiger charge is 2.21. The summed E-state index contributed by atoms with van der Waals surface area (Å²) in [6.07, 6.45) is 8.93. The van der Waals surface area contributed by atoms with E-state index in [1.54, 1.807) is 0 Å². The molecule has 2 atom stereocenters. The minimum Gasteiger partial charge on any atom is -0.492 e. The van der Waals surface area contributed by atoms with Gasteiger partial charge in [-0.05, 0) is 42.2 Å². The molecule has 0 aliphatic heterocycles. The van der Waals surface area contributed by atoms with E-state index in [9.17, 15) is 0 Å². The third-order valence-corrected chi connectivity index (χ3v) is 7.44. The van der Waals surface area contributed by atoms with Gasteiger partial charge >= 0.3 is 0 Å². The van der Waals surface area contributed by atoms with Crippen molar-refractivity contribution in [3.05, 3.63) is 48.0 Å². The van der Waals surface area contributed by atoms with Gasteiger partial charge < -0.3 is 9.47 Å². The lowest BCUT2D eigenvalue weighted by Gasteiger charge is -2.24. The van der Waals surface area contributed by atoms with Crippen molar-refractivity contribution in [2.24, 2.45) is 11.8 Å². The zero-order valence-electron chi connectivity index (χ0n) is 20.5. The van der Waals surface area contributed by atoms with Gasteiger partial charge in [0.05, 0.1) is 13.2 Å². The largest absolute Gasteiger partial charge is 0.492 e. The summed E-state index contributed by atoms with van der Waals surface area (Å²) in [5.41, 5.74) is 1.47. The molecule has 0 radical (unpaired) electrons. The maximum atomic E-state index is 6.57. The molecule has 0 N–H and O–H groups in total. The molecule has 1 aliphatic rings. The Morgan fingerprint density at radius 1 is 0.719 bits per heavy atom. The number of hydrogen-bond donors (Lipinski definition) is 0. The van der Waals surface area contributed by atoms with Gasteiger partial charge in [0.15, 0.2) is 0 Å². The molecule has 0 bridgehead atoms. The number of hydrogen-bond acceptors (Lipinski definition) is 2. The molecule has 2 nitrogen and oxygen atoms in total. The molecule has 3 aromatic rings. The Balaban J connectivity index is 1.87. The van der Waals surface area contributed by atoms with Crippen LogP contribution in [0.3, 0.4) is 0 Å². The van der Waals surface area contributed by atoms with Crippen LogP contribution < -0.4 is 9.47 Å². The van der Waals surface area contributed by atoms with Crippen LogP contribution in [0.25, 0.3) is 21.5 Å². The first-order valence-electron chi connectivity index (χ1n) is 12.9. The van der Waals surface area contributed by atoms with E-state index in [4.69, 9.17) is 9.47 Å². The van der Waals surface area contributed by atoms with Gasteiger partial charge in [-0.15, -0.1) is 0 Å². The quantitative estimate of drug-likeness (QED) is 0.314. The summed E-state index contributed by atoms with van der Waals surface area (Å²) >= 11 is 0. The maximum Gasteiger partial charge on any atom is 0.135 e. The predicted molar refractivity (Wildman–Crippen MR) is 137 cm³/mol. The highest BCUT2D eigenvalue weighted by atomic mass is 16.5. The van der Waals surface area contributed by atoms with Gasteiger partial charge in [-0.3, -0.25) is 0 Å².